The van der Waals surface area contributed by atoms with E-state index in [1.807, 2.05) is 30.3 Å². The summed E-state index contributed by atoms with van der Waals surface area (Å²) < 4.78 is 6.14. The maximum atomic E-state index is 9.82. The SMILES string of the molecule is C=CSC(=NC[C@@H](O)CN)c1ccc(C#N)cc1Oc1cc(-c2ccccc2)nc(C)n1. The fraction of sp³-hybridized carbons (Fsp3) is 0.167. The number of nitrogens with zero attached hydrogens (tertiary/aromatic N) is 4. The van der Waals surface area contributed by atoms with Crippen molar-refractivity contribution in [1.82, 2.24) is 9.97 Å². The molecule has 8 heteroatoms. The molecule has 0 unspecified atom stereocenters. The summed E-state index contributed by atoms with van der Waals surface area (Å²) in [4.78, 5) is 13.4. The summed E-state index contributed by atoms with van der Waals surface area (Å²) in [6, 6.07) is 18.7. The van der Waals surface area contributed by atoms with E-state index in [1.54, 1.807) is 36.6 Å². The summed E-state index contributed by atoms with van der Waals surface area (Å²) in [5.74, 6) is 1.31. The lowest BCUT2D eigenvalue weighted by Gasteiger charge is -2.14. The van der Waals surface area contributed by atoms with Gasteiger partial charge in [-0.2, -0.15) is 10.2 Å². The van der Waals surface area contributed by atoms with Crippen LogP contribution in [0.3, 0.4) is 0 Å². The van der Waals surface area contributed by atoms with Gasteiger partial charge in [0.15, 0.2) is 0 Å². The zero-order valence-corrected chi connectivity index (χ0v) is 18.4. The lowest BCUT2D eigenvalue weighted by atomic mass is 10.1. The van der Waals surface area contributed by atoms with Gasteiger partial charge in [-0.15, -0.1) is 0 Å². The van der Waals surface area contributed by atoms with Gasteiger partial charge >= 0.3 is 0 Å². The third-order valence-corrected chi connectivity index (χ3v) is 5.09. The van der Waals surface area contributed by atoms with Crippen molar-refractivity contribution in [2.45, 2.75) is 13.0 Å². The summed E-state index contributed by atoms with van der Waals surface area (Å²) in [5.41, 5.74) is 8.25. The minimum atomic E-state index is -0.754. The Balaban J connectivity index is 2.03. The van der Waals surface area contributed by atoms with Crippen LogP contribution in [0.2, 0.25) is 0 Å². The highest BCUT2D eigenvalue weighted by molar-refractivity contribution is 8.16. The van der Waals surface area contributed by atoms with E-state index in [4.69, 9.17) is 10.5 Å². The van der Waals surface area contributed by atoms with E-state index in [-0.39, 0.29) is 13.1 Å². The number of nitriles is 1. The predicted molar refractivity (Wildman–Crippen MR) is 128 cm³/mol. The van der Waals surface area contributed by atoms with Gasteiger partial charge in [0.2, 0.25) is 5.88 Å². The number of ether oxygens (including phenoxy) is 1. The first kappa shape index (κ1) is 23.2. The first-order valence-corrected chi connectivity index (χ1v) is 10.8. The van der Waals surface area contributed by atoms with Crippen LogP contribution < -0.4 is 10.5 Å². The molecule has 32 heavy (non-hydrogen) atoms. The molecule has 3 N–H and O–H groups in total. The van der Waals surface area contributed by atoms with E-state index in [2.05, 4.69) is 27.6 Å². The summed E-state index contributed by atoms with van der Waals surface area (Å²) in [5, 5.41) is 21.4. The van der Waals surface area contributed by atoms with E-state index >= 15 is 0 Å². The number of hydrogen-bond acceptors (Lipinski definition) is 8. The fourth-order valence-electron chi connectivity index (χ4n) is 2.84. The van der Waals surface area contributed by atoms with Crippen molar-refractivity contribution in [2.24, 2.45) is 10.7 Å². The van der Waals surface area contributed by atoms with Crippen molar-refractivity contribution in [3.8, 4) is 29.0 Å². The van der Waals surface area contributed by atoms with Crippen LogP contribution in [0.25, 0.3) is 11.3 Å². The largest absolute Gasteiger partial charge is 0.438 e. The normalized spacial score (nSPS) is 12.1. The Morgan fingerprint density at radius 3 is 2.75 bits per heavy atom. The van der Waals surface area contributed by atoms with E-state index in [9.17, 15) is 10.4 Å². The van der Waals surface area contributed by atoms with Gasteiger partial charge in [0.05, 0.1) is 30.0 Å². The summed E-state index contributed by atoms with van der Waals surface area (Å²) >= 11 is 1.29. The average molecular weight is 446 g/mol. The number of nitrogens with two attached hydrogens (primary N) is 1. The molecule has 0 aliphatic rings. The summed E-state index contributed by atoms with van der Waals surface area (Å²) in [6.07, 6.45) is -0.754. The number of hydrogen-bond donors (Lipinski definition) is 2. The summed E-state index contributed by atoms with van der Waals surface area (Å²) in [7, 11) is 0. The highest BCUT2D eigenvalue weighted by Crippen LogP contribution is 2.31. The van der Waals surface area contributed by atoms with Crippen molar-refractivity contribution in [1.29, 1.82) is 5.26 Å². The molecule has 1 atom stereocenters. The van der Waals surface area contributed by atoms with Crippen LogP contribution in [-0.2, 0) is 0 Å². The van der Waals surface area contributed by atoms with Gasteiger partial charge in [0.25, 0.3) is 0 Å². The van der Waals surface area contributed by atoms with E-state index in [1.165, 1.54) is 11.8 Å². The third-order valence-electron chi connectivity index (χ3n) is 4.35. The molecule has 0 bridgehead atoms. The molecule has 3 aromatic rings. The Morgan fingerprint density at radius 1 is 1.28 bits per heavy atom. The molecule has 7 nitrogen and oxygen atoms in total. The van der Waals surface area contributed by atoms with Crippen LogP contribution in [0.5, 0.6) is 11.6 Å². The Hall–Kier alpha value is -3.51. The van der Waals surface area contributed by atoms with Gasteiger partial charge in [-0.3, -0.25) is 4.99 Å². The van der Waals surface area contributed by atoms with Gasteiger partial charge < -0.3 is 15.6 Å². The minimum Gasteiger partial charge on any atom is -0.438 e. The molecule has 162 valence electrons. The molecule has 3 rings (SSSR count). The lowest BCUT2D eigenvalue weighted by molar-refractivity contribution is 0.192. The monoisotopic (exact) mass is 445 g/mol. The van der Waals surface area contributed by atoms with Crippen molar-refractivity contribution >= 4 is 16.8 Å². The molecule has 2 aromatic carbocycles. The molecular weight excluding hydrogens is 422 g/mol. The number of rotatable bonds is 8. The highest BCUT2D eigenvalue weighted by Gasteiger charge is 2.15. The van der Waals surface area contributed by atoms with Crippen LogP contribution in [0.15, 0.2) is 71.6 Å². The molecular formula is C24H23N5O2S. The average Bonchev–Trinajstić information content (AvgIpc) is 2.81. The van der Waals surface area contributed by atoms with E-state index in [0.717, 1.165) is 11.3 Å². The Morgan fingerprint density at radius 2 is 2.06 bits per heavy atom. The number of thioether (sulfide) groups is 1. The van der Waals surface area contributed by atoms with Crippen molar-refractivity contribution in [3.05, 3.63) is 83.5 Å². The molecule has 0 spiro atoms. The minimum absolute atomic E-state index is 0.106. The molecule has 0 saturated carbocycles. The Bertz CT molecular complexity index is 1160. The number of aliphatic hydroxyl groups is 1. The third kappa shape index (κ3) is 6.02. The van der Waals surface area contributed by atoms with Gasteiger partial charge in [-0.25, -0.2) is 4.98 Å². The van der Waals surface area contributed by atoms with Crippen molar-refractivity contribution < 1.29 is 9.84 Å². The van der Waals surface area contributed by atoms with Gasteiger partial charge in [-0.05, 0) is 30.5 Å². The van der Waals surface area contributed by atoms with Gasteiger partial charge in [0, 0.05) is 23.7 Å². The van der Waals surface area contributed by atoms with Crippen LogP contribution in [0.1, 0.15) is 17.0 Å². The Kier molecular flexibility index (Phi) is 8.11. The van der Waals surface area contributed by atoms with E-state index < -0.39 is 6.10 Å². The number of benzene rings is 2. The second kappa shape index (κ2) is 11.2. The van der Waals surface area contributed by atoms with Gasteiger partial charge in [-0.1, -0.05) is 48.7 Å². The predicted octanol–water partition coefficient (Wildman–Crippen LogP) is 4.06. The topological polar surface area (TPSA) is 117 Å². The maximum absolute atomic E-state index is 9.82. The number of aliphatic imine (C=N–C) groups is 1. The summed E-state index contributed by atoms with van der Waals surface area (Å²) in [6.45, 7) is 5.79. The first-order chi connectivity index (χ1) is 15.5. The molecule has 1 aromatic heterocycles. The van der Waals surface area contributed by atoms with E-state index in [0.29, 0.717) is 33.6 Å². The molecule has 0 aliphatic carbocycles. The number of aliphatic hydroxyl groups excluding tert-OH is 1. The molecule has 0 radical (unpaired) electrons. The highest BCUT2D eigenvalue weighted by atomic mass is 32.2. The van der Waals surface area contributed by atoms with Crippen LogP contribution in [-0.4, -0.2) is 39.3 Å². The van der Waals surface area contributed by atoms with Crippen LogP contribution in [0.4, 0.5) is 0 Å². The molecule has 0 saturated heterocycles. The standard InChI is InChI=1S/C24H23N5O2S/c1-3-32-24(27-15-19(30)14-26)20-10-9-17(13-25)11-22(20)31-23-12-21(28-16(2)29-23)18-7-5-4-6-8-18/h3-12,19,30H,1,14-15,26H2,2H3/t19-/m0/s1. The molecule has 0 fully saturated rings. The van der Waals surface area contributed by atoms with Crippen LogP contribution >= 0.6 is 11.8 Å². The lowest BCUT2D eigenvalue weighted by Crippen LogP contribution is -2.23. The quantitative estimate of drug-likeness (QED) is 0.396. The fourth-order valence-corrected chi connectivity index (χ4v) is 3.45. The van der Waals surface area contributed by atoms with Gasteiger partial charge in [0.1, 0.15) is 16.6 Å². The first-order valence-electron chi connectivity index (χ1n) is 9.87. The molecule has 0 amide bonds. The Labute approximate surface area is 191 Å². The molecule has 0 aliphatic heterocycles. The second-order valence-corrected chi connectivity index (χ2v) is 7.71. The zero-order chi connectivity index (χ0) is 22.9. The number of aryl methyl sites for hydroxylation is 1. The van der Waals surface area contributed by atoms with Crippen molar-refractivity contribution in [2.75, 3.05) is 13.1 Å². The number of aromatic nitrogens is 2. The van der Waals surface area contributed by atoms with Crippen LogP contribution in [0, 0.1) is 18.3 Å². The zero-order valence-electron chi connectivity index (χ0n) is 17.6. The van der Waals surface area contributed by atoms with Crippen molar-refractivity contribution in [3.63, 3.8) is 0 Å². The maximum Gasteiger partial charge on any atom is 0.223 e. The smallest absolute Gasteiger partial charge is 0.223 e. The second-order valence-electron chi connectivity index (χ2n) is 6.75. The molecule has 1 heterocycles.